The molecule has 0 unspecified atom stereocenters. The molecule has 2 heteroatoms. The van der Waals surface area contributed by atoms with Gasteiger partial charge in [0.15, 0.2) is 0 Å². The first-order chi connectivity index (χ1) is 32.0. The van der Waals surface area contributed by atoms with Crippen LogP contribution in [0.25, 0.3) is 83.1 Å². The number of hydrogen-bond donors (Lipinski definition) is 0. The Hall–Kier alpha value is -8.20. The summed E-state index contributed by atoms with van der Waals surface area (Å²) in [5.41, 5.74) is 21.7. The third kappa shape index (κ3) is 6.32. The fraction of sp³-hybridized carbons (Fsp3) is 0.0476. The van der Waals surface area contributed by atoms with Crippen LogP contribution in [0.3, 0.4) is 0 Å². The normalized spacial score (nSPS) is 12.6. The highest BCUT2D eigenvalue weighted by atomic mass is 15.1. The molecule has 0 N–H and O–H groups in total. The Morgan fingerprint density at radius 3 is 1.58 bits per heavy atom. The first kappa shape index (κ1) is 38.5. The lowest BCUT2D eigenvalue weighted by Gasteiger charge is -2.30. The zero-order valence-corrected chi connectivity index (χ0v) is 36.5. The second-order valence-electron chi connectivity index (χ2n) is 17.6. The topological polar surface area (TPSA) is 8.17 Å². The van der Waals surface area contributed by atoms with Gasteiger partial charge in [0, 0.05) is 38.8 Å². The summed E-state index contributed by atoms with van der Waals surface area (Å²) >= 11 is 0. The summed E-state index contributed by atoms with van der Waals surface area (Å²) in [6.45, 7) is 4.71. The Balaban J connectivity index is 1.11. The smallest absolute Gasteiger partial charge is 0.0546 e. The van der Waals surface area contributed by atoms with Crippen LogP contribution in [0.2, 0.25) is 0 Å². The van der Waals surface area contributed by atoms with Crippen molar-refractivity contribution in [1.82, 2.24) is 4.57 Å². The van der Waals surface area contributed by atoms with Gasteiger partial charge in [-0.3, -0.25) is 0 Å². The second-order valence-corrected chi connectivity index (χ2v) is 17.6. The predicted molar refractivity (Wildman–Crippen MR) is 275 cm³/mol. The van der Waals surface area contributed by atoms with E-state index in [2.05, 4.69) is 266 Å². The van der Waals surface area contributed by atoms with Gasteiger partial charge in [0.05, 0.1) is 16.7 Å². The maximum Gasteiger partial charge on any atom is 0.0546 e. The van der Waals surface area contributed by atoms with Gasteiger partial charge in [-0.05, 0) is 116 Å². The molecule has 12 rings (SSSR count). The maximum absolute atomic E-state index is 2.48. The van der Waals surface area contributed by atoms with Gasteiger partial charge in [0.2, 0.25) is 0 Å². The Kier molecular flexibility index (Phi) is 9.21. The first-order valence-electron chi connectivity index (χ1n) is 22.6. The van der Waals surface area contributed by atoms with Gasteiger partial charge in [-0.2, -0.15) is 0 Å². The molecule has 1 aliphatic carbocycles. The quantitative estimate of drug-likeness (QED) is 0.148. The fourth-order valence-electron chi connectivity index (χ4n) is 10.6. The number of benzene rings is 10. The number of rotatable bonds is 8. The number of hydrogen-bond acceptors (Lipinski definition) is 1. The third-order valence-corrected chi connectivity index (χ3v) is 13.6. The van der Waals surface area contributed by atoms with Gasteiger partial charge >= 0.3 is 0 Å². The fourth-order valence-corrected chi connectivity index (χ4v) is 10.6. The highest BCUT2D eigenvalue weighted by Crippen LogP contribution is 2.53. The van der Waals surface area contributed by atoms with Crippen LogP contribution in [0.15, 0.2) is 243 Å². The Morgan fingerprint density at radius 2 is 0.846 bits per heavy atom. The summed E-state index contributed by atoms with van der Waals surface area (Å²) in [6.07, 6.45) is 0. The van der Waals surface area contributed by atoms with E-state index in [0.29, 0.717) is 0 Å². The molecule has 1 aromatic heterocycles. The van der Waals surface area contributed by atoms with Gasteiger partial charge in [-0.1, -0.05) is 202 Å². The molecule has 2 nitrogen and oxygen atoms in total. The number of nitrogens with zero attached hydrogens (tertiary/aromatic N) is 2. The number of anilines is 3. The molecule has 0 aliphatic heterocycles. The first-order valence-corrected chi connectivity index (χ1v) is 22.6. The largest absolute Gasteiger partial charge is 0.310 e. The molecule has 10 aromatic carbocycles. The average Bonchev–Trinajstić information content (AvgIpc) is 3.83. The lowest BCUT2D eigenvalue weighted by atomic mass is 9.82. The molecule has 0 spiro atoms. The number of para-hydroxylation sites is 2. The van der Waals surface area contributed by atoms with Crippen LogP contribution < -0.4 is 4.90 Å². The van der Waals surface area contributed by atoms with Crippen LogP contribution >= 0.6 is 0 Å². The van der Waals surface area contributed by atoms with Crippen molar-refractivity contribution in [3.63, 3.8) is 0 Å². The Labute approximate surface area is 381 Å². The van der Waals surface area contributed by atoms with Crippen LogP contribution in [0.1, 0.15) is 25.0 Å². The molecule has 0 bridgehead atoms. The van der Waals surface area contributed by atoms with E-state index in [-0.39, 0.29) is 5.41 Å². The van der Waals surface area contributed by atoms with Crippen molar-refractivity contribution in [2.24, 2.45) is 0 Å². The van der Waals surface area contributed by atoms with Crippen LogP contribution in [0, 0.1) is 0 Å². The summed E-state index contributed by atoms with van der Waals surface area (Å²) in [4.78, 5) is 2.48. The van der Waals surface area contributed by atoms with Crippen molar-refractivity contribution in [2.75, 3.05) is 4.90 Å². The molecular weight excluding hydrogens is 785 g/mol. The number of fused-ring (bicyclic) bond motifs is 6. The van der Waals surface area contributed by atoms with Crippen LogP contribution in [-0.2, 0) is 5.41 Å². The van der Waals surface area contributed by atoms with Crippen molar-refractivity contribution in [1.29, 1.82) is 0 Å². The van der Waals surface area contributed by atoms with E-state index in [1.807, 2.05) is 0 Å². The van der Waals surface area contributed by atoms with Crippen LogP contribution in [0.5, 0.6) is 0 Å². The summed E-state index contributed by atoms with van der Waals surface area (Å²) in [6, 6.07) is 88.9. The molecule has 0 saturated carbocycles. The van der Waals surface area contributed by atoms with Crippen molar-refractivity contribution in [2.45, 2.75) is 19.3 Å². The molecule has 0 fully saturated rings. The van der Waals surface area contributed by atoms with Gasteiger partial charge in [0.25, 0.3) is 0 Å². The standard InChI is InChI=1S/C63H46N2/c1-63(2)56-32-16-14-29-54(56)61-50(30-18-33-57(61)63)45-36-38-47(39-37-45)64(48-40-41-59-55(42-48)52-27-15-17-34-58(52)65(59)46-24-10-5-11-25-46)60-35-19-31-51(44-22-8-4-9-23-44)62(60)53-28-13-12-26-49(53)43-20-6-3-7-21-43/h3-42H,1-2H3. The van der Waals surface area contributed by atoms with Gasteiger partial charge < -0.3 is 9.47 Å². The highest BCUT2D eigenvalue weighted by Gasteiger charge is 2.36. The molecule has 1 heterocycles. The molecule has 0 amide bonds. The van der Waals surface area contributed by atoms with E-state index in [1.165, 1.54) is 88.6 Å². The Bertz CT molecular complexity index is 3550. The zero-order chi connectivity index (χ0) is 43.5. The van der Waals surface area contributed by atoms with E-state index in [1.54, 1.807) is 0 Å². The maximum atomic E-state index is 2.48. The highest BCUT2D eigenvalue weighted by molar-refractivity contribution is 6.11. The lowest BCUT2D eigenvalue weighted by Crippen LogP contribution is -2.14. The van der Waals surface area contributed by atoms with Crippen molar-refractivity contribution in [3.05, 3.63) is 254 Å². The molecular formula is C63H46N2. The van der Waals surface area contributed by atoms with Crippen molar-refractivity contribution >= 4 is 38.9 Å². The minimum atomic E-state index is -0.0723. The minimum absolute atomic E-state index is 0.0723. The second kappa shape index (κ2) is 15.6. The van der Waals surface area contributed by atoms with E-state index in [9.17, 15) is 0 Å². The van der Waals surface area contributed by atoms with E-state index < -0.39 is 0 Å². The van der Waals surface area contributed by atoms with Crippen molar-refractivity contribution in [3.8, 4) is 61.3 Å². The molecule has 65 heavy (non-hydrogen) atoms. The van der Waals surface area contributed by atoms with Gasteiger partial charge in [-0.15, -0.1) is 0 Å². The summed E-state index contributed by atoms with van der Waals surface area (Å²) in [5.74, 6) is 0. The molecule has 0 radical (unpaired) electrons. The minimum Gasteiger partial charge on any atom is -0.310 e. The van der Waals surface area contributed by atoms with E-state index in [0.717, 1.165) is 22.7 Å². The molecule has 11 aromatic rings. The SMILES string of the molecule is CC1(C)c2ccccc2-c2c(-c3ccc(N(c4ccc5c(c4)c4ccccc4n5-c4ccccc4)c4cccc(-c5ccccc5)c4-c4ccccc4-c4ccccc4)cc3)cccc21. The predicted octanol–water partition coefficient (Wildman–Crippen LogP) is 17.2. The zero-order valence-electron chi connectivity index (χ0n) is 36.5. The lowest BCUT2D eigenvalue weighted by molar-refractivity contribution is 0.660. The molecule has 1 aliphatic rings. The van der Waals surface area contributed by atoms with E-state index >= 15 is 0 Å². The van der Waals surface area contributed by atoms with Gasteiger partial charge in [0.1, 0.15) is 0 Å². The van der Waals surface area contributed by atoms with Crippen molar-refractivity contribution < 1.29 is 0 Å². The Morgan fingerprint density at radius 1 is 0.338 bits per heavy atom. The molecule has 308 valence electrons. The van der Waals surface area contributed by atoms with Crippen LogP contribution in [0.4, 0.5) is 17.1 Å². The van der Waals surface area contributed by atoms with Gasteiger partial charge in [-0.25, -0.2) is 0 Å². The summed E-state index contributed by atoms with van der Waals surface area (Å²) in [5, 5.41) is 2.42. The monoisotopic (exact) mass is 830 g/mol. The average molecular weight is 831 g/mol. The van der Waals surface area contributed by atoms with Crippen LogP contribution in [-0.4, -0.2) is 4.57 Å². The third-order valence-electron chi connectivity index (χ3n) is 13.6. The van der Waals surface area contributed by atoms with E-state index in [4.69, 9.17) is 0 Å². The number of aromatic nitrogens is 1. The molecule has 0 atom stereocenters. The molecule has 0 saturated heterocycles. The summed E-state index contributed by atoms with van der Waals surface area (Å²) in [7, 11) is 0. The summed E-state index contributed by atoms with van der Waals surface area (Å²) < 4.78 is 2.39.